The van der Waals surface area contributed by atoms with Crippen molar-refractivity contribution in [2.24, 2.45) is 0 Å². The first-order valence-corrected chi connectivity index (χ1v) is 7.50. The van der Waals surface area contributed by atoms with E-state index < -0.39 is 0 Å². The molecule has 1 aliphatic rings. The molecule has 2 heterocycles. The average molecular weight is 295 g/mol. The van der Waals surface area contributed by atoms with Gasteiger partial charge in [0.15, 0.2) is 11.6 Å². The highest BCUT2D eigenvalue weighted by atomic mass is 16.5. The van der Waals surface area contributed by atoms with Crippen LogP contribution >= 0.6 is 0 Å². The summed E-state index contributed by atoms with van der Waals surface area (Å²) in [5, 5.41) is 8.52. The zero-order valence-electron chi connectivity index (χ0n) is 12.7. The second-order valence-corrected chi connectivity index (χ2v) is 5.78. The lowest BCUT2D eigenvalue weighted by Crippen LogP contribution is -2.05. The van der Waals surface area contributed by atoms with E-state index in [1.807, 2.05) is 23.7 Å². The molecule has 0 saturated heterocycles. The highest BCUT2D eigenvalue weighted by molar-refractivity contribution is 5.60. The van der Waals surface area contributed by atoms with E-state index in [2.05, 4.69) is 39.3 Å². The first kappa shape index (κ1) is 13.2. The van der Waals surface area contributed by atoms with Crippen LogP contribution in [0.5, 0.6) is 0 Å². The monoisotopic (exact) mass is 295 g/mol. The minimum Gasteiger partial charge on any atom is -0.337 e. The molecule has 1 saturated carbocycles. The van der Waals surface area contributed by atoms with Gasteiger partial charge < -0.3 is 4.52 Å². The Balaban J connectivity index is 1.68. The van der Waals surface area contributed by atoms with E-state index in [1.165, 1.54) is 5.56 Å². The number of hydrogen-bond acceptors (Lipinski definition) is 5. The summed E-state index contributed by atoms with van der Waals surface area (Å²) in [6, 6.07) is 8.15. The summed E-state index contributed by atoms with van der Waals surface area (Å²) in [5.74, 6) is 3.47. The van der Waals surface area contributed by atoms with Crippen LogP contribution in [0.1, 0.15) is 41.9 Å². The Labute approximate surface area is 128 Å². The minimum atomic E-state index is 0.449. The lowest BCUT2D eigenvalue weighted by atomic mass is 10.1. The number of nitrogens with zero attached hydrogens (tertiary/aromatic N) is 5. The first-order valence-electron chi connectivity index (χ1n) is 7.50. The topological polar surface area (TPSA) is 69.6 Å². The van der Waals surface area contributed by atoms with Crippen LogP contribution in [0, 0.1) is 13.8 Å². The van der Waals surface area contributed by atoms with E-state index in [-0.39, 0.29) is 0 Å². The van der Waals surface area contributed by atoms with E-state index in [1.54, 1.807) is 0 Å². The molecule has 112 valence electrons. The average Bonchev–Trinajstić information content (AvgIpc) is 3.15. The zero-order valence-corrected chi connectivity index (χ0v) is 12.7. The van der Waals surface area contributed by atoms with Gasteiger partial charge in [0.1, 0.15) is 12.4 Å². The van der Waals surface area contributed by atoms with Gasteiger partial charge in [0.25, 0.3) is 0 Å². The van der Waals surface area contributed by atoms with Crippen molar-refractivity contribution < 1.29 is 4.52 Å². The van der Waals surface area contributed by atoms with Crippen LogP contribution in [0.15, 0.2) is 28.8 Å². The molecule has 0 atom stereocenters. The van der Waals surface area contributed by atoms with Gasteiger partial charge in [-0.3, -0.25) is 0 Å². The van der Waals surface area contributed by atoms with Crippen LogP contribution < -0.4 is 0 Å². The van der Waals surface area contributed by atoms with Crippen molar-refractivity contribution in [2.75, 3.05) is 0 Å². The van der Waals surface area contributed by atoms with E-state index in [4.69, 9.17) is 4.52 Å². The highest BCUT2D eigenvalue weighted by Crippen LogP contribution is 2.38. The molecule has 0 amide bonds. The summed E-state index contributed by atoms with van der Waals surface area (Å²) in [4.78, 5) is 9.02. The van der Waals surface area contributed by atoms with Crippen molar-refractivity contribution in [2.45, 2.75) is 39.2 Å². The van der Waals surface area contributed by atoms with Gasteiger partial charge in [0.2, 0.25) is 5.89 Å². The van der Waals surface area contributed by atoms with Crippen molar-refractivity contribution in [1.82, 2.24) is 24.9 Å². The maximum Gasteiger partial charge on any atom is 0.248 e. The molecule has 0 N–H and O–H groups in total. The van der Waals surface area contributed by atoms with Crippen LogP contribution in [0.25, 0.3) is 11.4 Å². The summed E-state index contributed by atoms with van der Waals surface area (Å²) in [7, 11) is 0. The molecular weight excluding hydrogens is 278 g/mol. The summed E-state index contributed by atoms with van der Waals surface area (Å²) in [6.45, 7) is 4.41. The number of benzene rings is 1. The zero-order chi connectivity index (χ0) is 15.1. The highest BCUT2D eigenvalue weighted by Gasteiger charge is 2.29. The molecule has 1 fully saturated rings. The second kappa shape index (κ2) is 5.05. The molecule has 4 rings (SSSR count). The molecule has 2 aromatic heterocycles. The molecular formula is C16H17N5O. The molecule has 6 heteroatoms. The fourth-order valence-corrected chi connectivity index (χ4v) is 2.56. The Morgan fingerprint density at radius 1 is 1.18 bits per heavy atom. The van der Waals surface area contributed by atoms with Crippen molar-refractivity contribution >= 4 is 0 Å². The number of aryl methyl sites for hydroxylation is 2. The molecule has 0 spiro atoms. The predicted octanol–water partition coefficient (Wildman–Crippen LogP) is 2.87. The van der Waals surface area contributed by atoms with Gasteiger partial charge in [-0.05, 0) is 32.3 Å². The third-order valence-corrected chi connectivity index (χ3v) is 3.87. The van der Waals surface area contributed by atoms with E-state index in [9.17, 15) is 0 Å². The van der Waals surface area contributed by atoms with E-state index >= 15 is 0 Å². The molecule has 0 bridgehead atoms. The van der Waals surface area contributed by atoms with Gasteiger partial charge in [-0.25, -0.2) is 9.67 Å². The van der Waals surface area contributed by atoms with Crippen molar-refractivity contribution in [1.29, 1.82) is 0 Å². The maximum atomic E-state index is 5.35. The lowest BCUT2D eigenvalue weighted by Gasteiger charge is -2.06. The van der Waals surface area contributed by atoms with Crippen molar-refractivity contribution in [3.8, 4) is 11.4 Å². The Morgan fingerprint density at radius 2 is 2.00 bits per heavy atom. The van der Waals surface area contributed by atoms with Crippen molar-refractivity contribution in [3.05, 3.63) is 47.4 Å². The Morgan fingerprint density at radius 3 is 2.77 bits per heavy atom. The number of hydrogen-bond donors (Lipinski definition) is 0. The van der Waals surface area contributed by atoms with E-state index in [0.29, 0.717) is 18.4 Å². The van der Waals surface area contributed by atoms with Gasteiger partial charge in [-0.1, -0.05) is 29.4 Å². The summed E-state index contributed by atoms with van der Waals surface area (Å²) in [6.07, 6.45) is 2.33. The fraction of sp³-hybridized carbons (Fsp3) is 0.375. The molecule has 1 aromatic carbocycles. The summed E-state index contributed by atoms with van der Waals surface area (Å²) in [5.41, 5.74) is 2.24. The van der Waals surface area contributed by atoms with Gasteiger partial charge in [-0.2, -0.15) is 10.1 Å². The molecule has 0 unspecified atom stereocenters. The quantitative estimate of drug-likeness (QED) is 0.740. The number of aromatic nitrogens is 5. The van der Waals surface area contributed by atoms with Crippen LogP contribution in [0.2, 0.25) is 0 Å². The van der Waals surface area contributed by atoms with Gasteiger partial charge >= 0.3 is 0 Å². The molecule has 0 radical (unpaired) electrons. The first-order chi connectivity index (χ1) is 10.7. The fourth-order valence-electron chi connectivity index (χ4n) is 2.56. The van der Waals surface area contributed by atoms with Gasteiger partial charge in [0.05, 0.1) is 0 Å². The SMILES string of the molecule is Cc1nc(-c2ccccc2C)n(Cc2nc(C3CC3)no2)n1. The third-order valence-electron chi connectivity index (χ3n) is 3.87. The molecule has 22 heavy (non-hydrogen) atoms. The summed E-state index contributed by atoms with van der Waals surface area (Å²) < 4.78 is 7.19. The molecule has 3 aromatic rings. The molecule has 1 aliphatic carbocycles. The normalized spacial score (nSPS) is 14.5. The largest absolute Gasteiger partial charge is 0.337 e. The minimum absolute atomic E-state index is 0.449. The Hall–Kier alpha value is -2.50. The summed E-state index contributed by atoms with van der Waals surface area (Å²) >= 11 is 0. The lowest BCUT2D eigenvalue weighted by molar-refractivity contribution is 0.361. The standard InChI is InChI=1S/C16H17N5O/c1-10-5-3-4-6-13(10)16-17-11(2)19-21(16)9-14-18-15(20-22-14)12-7-8-12/h3-6,12H,7-9H2,1-2H3. The van der Waals surface area contributed by atoms with Crippen LogP contribution in [-0.2, 0) is 6.54 Å². The Bertz CT molecular complexity index is 816. The van der Waals surface area contributed by atoms with Crippen molar-refractivity contribution in [3.63, 3.8) is 0 Å². The smallest absolute Gasteiger partial charge is 0.248 e. The molecule has 0 aliphatic heterocycles. The van der Waals surface area contributed by atoms with Crippen LogP contribution in [0.4, 0.5) is 0 Å². The van der Waals surface area contributed by atoms with Crippen LogP contribution in [-0.4, -0.2) is 24.9 Å². The maximum absolute atomic E-state index is 5.35. The second-order valence-electron chi connectivity index (χ2n) is 5.78. The third kappa shape index (κ3) is 2.41. The molecule has 6 nitrogen and oxygen atoms in total. The number of rotatable bonds is 4. The van der Waals surface area contributed by atoms with Gasteiger partial charge in [0, 0.05) is 11.5 Å². The van der Waals surface area contributed by atoms with E-state index in [0.717, 1.165) is 35.9 Å². The Kier molecular flexibility index (Phi) is 3.03. The van der Waals surface area contributed by atoms with Crippen LogP contribution in [0.3, 0.4) is 0 Å². The van der Waals surface area contributed by atoms with Gasteiger partial charge in [-0.15, -0.1) is 0 Å². The predicted molar refractivity (Wildman–Crippen MR) is 80.3 cm³/mol.